The van der Waals surface area contributed by atoms with Crippen LogP contribution in [0.25, 0.3) is 0 Å². The van der Waals surface area contributed by atoms with E-state index in [2.05, 4.69) is 5.32 Å². The minimum atomic E-state index is -0.927. The fraction of sp³-hybridized carbons (Fsp3) is 0.529. The summed E-state index contributed by atoms with van der Waals surface area (Å²) in [7, 11) is 2.90. The number of carbonyl (C=O) groups is 2. The number of carboxylic acid groups (broad SMARTS) is 1. The van der Waals surface area contributed by atoms with Gasteiger partial charge in [0.05, 0.1) is 25.3 Å². The molecule has 0 atom stereocenters. The van der Waals surface area contributed by atoms with Crippen molar-refractivity contribution in [2.24, 2.45) is 0 Å². The summed E-state index contributed by atoms with van der Waals surface area (Å²) in [5, 5.41) is 12.1. The molecule has 24 heavy (non-hydrogen) atoms. The maximum atomic E-state index is 12.1. The molecule has 0 aliphatic heterocycles. The van der Waals surface area contributed by atoms with Gasteiger partial charge in [-0.1, -0.05) is 0 Å². The van der Waals surface area contributed by atoms with E-state index < -0.39 is 23.1 Å². The third-order valence-electron chi connectivity index (χ3n) is 3.83. The monoisotopic (exact) mass is 337 g/mol. The molecule has 1 aliphatic carbocycles. The van der Waals surface area contributed by atoms with Gasteiger partial charge in [0, 0.05) is 0 Å². The minimum absolute atomic E-state index is 0.313. The number of benzene rings is 1. The van der Waals surface area contributed by atoms with Gasteiger partial charge in [0.15, 0.2) is 11.5 Å². The fourth-order valence-corrected chi connectivity index (χ4v) is 2.50. The lowest BCUT2D eigenvalue weighted by Gasteiger charge is -2.22. The second-order valence-electron chi connectivity index (χ2n) is 6.77. The number of carboxylic acids is 1. The summed E-state index contributed by atoms with van der Waals surface area (Å²) in [5.41, 5.74) is -0.700. The Morgan fingerprint density at radius 1 is 1.17 bits per heavy atom. The molecule has 0 spiro atoms. The predicted octanol–water partition coefficient (Wildman–Crippen LogP) is 3.17. The Hall–Kier alpha value is -2.44. The van der Waals surface area contributed by atoms with Crippen molar-refractivity contribution in [2.75, 3.05) is 19.5 Å². The predicted molar refractivity (Wildman–Crippen MR) is 88.0 cm³/mol. The van der Waals surface area contributed by atoms with Gasteiger partial charge in [-0.15, -0.1) is 0 Å². The summed E-state index contributed by atoms with van der Waals surface area (Å²) in [6, 6.07) is 3.24. The van der Waals surface area contributed by atoms with Gasteiger partial charge < -0.3 is 19.3 Å². The van der Waals surface area contributed by atoms with E-state index in [-0.39, 0.29) is 0 Å². The van der Waals surface area contributed by atoms with Crippen LogP contribution < -0.4 is 14.8 Å². The zero-order chi connectivity index (χ0) is 18.1. The van der Waals surface area contributed by atoms with E-state index in [9.17, 15) is 14.7 Å². The van der Waals surface area contributed by atoms with Crippen molar-refractivity contribution in [1.82, 2.24) is 0 Å². The summed E-state index contributed by atoms with van der Waals surface area (Å²) in [4.78, 5) is 23.6. The Balaban J connectivity index is 2.41. The van der Waals surface area contributed by atoms with Gasteiger partial charge in [0.1, 0.15) is 5.60 Å². The number of carbonyl (C=O) groups excluding carboxylic acids is 1. The summed E-state index contributed by atoms with van der Waals surface area (Å²) in [6.45, 7) is 5.26. The molecule has 132 valence electrons. The molecule has 1 aliphatic rings. The fourth-order valence-electron chi connectivity index (χ4n) is 2.50. The first kappa shape index (κ1) is 17.9. The summed E-state index contributed by atoms with van der Waals surface area (Å²) >= 11 is 0. The van der Waals surface area contributed by atoms with Crippen LogP contribution in [-0.4, -0.2) is 37.0 Å². The number of rotatable bonds is 5. The number of nitrogens with one attached hydrogen (secondary N) is 1. The summed E-state index contributed by atoms with van der Waals surface area (Å²) in [5.74, 6) is -0.222. The smallest absolute Gasteiger partial charge is 0.412 e. The SMILES string of the molecule is COc1cc(C2(C(=O)O)CC2)cc(NC(=O)OC(C)(C)C)c1OC. The molecule has 0 bridgehead atoms. The van der Waals surface area contributed by atoms with Crippen molar-refractivity contribution in [2.45, 2.75) is 44.6 Å². The lowest BCUT2D eigenvalue weighted by Crippen LogP contribution is -2.27. The van der Waals surface area contributed by atoms with Crippen LogP contribution in [0.15, 0.2) is 12.1 Å². The van der Waals surface area contributed by atoms with E-state index in [1.807, 2.05) is 0 Å². The highest BCUT2D eigenvalue weighted by atomic mass is 16.6. The van der Waals surface area contributed by atoms with Crippen molar-refractivity contribution < 1.29 is 28.9 Å². The second kappa shape index (κ2) is 6.22. The molecule has 1 aromatic rings. The van der Waals surface area contributed by atoms with Crippen LogP contribution in [0.3, 0.4) is 0 Å². The maximum Gasteiger partial charge on any atom is 0.412 e. The molecule has 0 saturated heterocycles. The van der Waals surface area contributed by atoms with Crippen LogP contribution >= 0.6 is 0 Å². The van der Waals surface area contributed by atoms with E-state index in [0.29, 0.717) is 35.6 Å². The molecule has 0 aromatic heterocycles. The zero-order valence-electron chi connectivity index (χ0n) is 14.6. The quantitative estimate of drug-likeness (QED) is 0.857. The van der Waals surface area contributed by atoms with E-state index in [4.69, 9.17) is 14.2 Å². The third-order valence-corrected chi connectivity index (χ3v) is 3.83. The summed E-state index contributed by atoms with van der Waals surface area (Å²) in [6.07, 6.45) is 0.438. The highest BCUT2D eigenvalue weighted by Crippen LogP contribution is 2.51. The van der Waals surface area contributed by atoms with E-state index in [1.54, 1.807) is 32.9 Å². The van der Waals surface area contributed by atoms with Crippen molar-refractivity contribution in [3.05, 3.63) is 17.7 Å². The standard InChI is InChI=1S/C17H23NO6/c1-16(2,3)24-15(21)18-11-8-10(17(6-7-17)14(19)20)9-12(22-4)13(11)23-5/h8-9H,6-7H2,1-5H3,(H,18,21)(H,19,20). The Morgan fingerprint density at radius 2 is 1.79 bits per heavy atom. The first-order valence-electron chi connectivity index (χ1n) is 7.63. The Kier molecular flexibility index (Phi) is 4.64. The number of ether oxygens (including phenoxy) is 3. The van der Waals surface area contributed by atoms with Gasteiger partial charge >= 0.3 is 12.1 Å². The summed E-state index contributed by atoms with van der Waals surface area (Å²) < 4.78 is 15.8. The average molecular weight is 337 g/mol. The molecule has 1 saturated carbocycles. The van der Waals surface area contributed by atoms with Gasteiger partial charge in [-0.25, -0.2) is 4.79 Å². The normalized spacial score (nSPS) is 15.4. The van der Waals surface area contributed by atoms with Crippen LogP contribution in [0.2, 0.25) is 0 Å². The maximum absolute atomic E-state index is 12.1. The molecule has 1 fully saturated rings. The zero-order valence-corrected chi connectivity index (χ0v) is 14.6. The molecular weight excluding hydrogens is 314 g/mol. The van der Waals surface area contributed by atoms with Crippen molar-refractivity contribution >= 4 is 17.7 Å². The highest BCUT2D eigenvalue weighted by molar-refractivity contribution is 5.90. The molecule has 2 rings (SSSR count). The second-order valence-corrected chi connectivity index (χ2v) is 6.77. The Morgan fingerprint density at radius 3 is 2.21 bits per heavy atom. The average Bonchev–Trinajstić information content (AvgIpc) is 3.25. The van der Waals surface area contributed by atoms with E-state index >= 15 is 0 Å². The van der Waals surface area contributed by atoms with Crippen LogP contribution in [-0.2, 0) is 14.9 Å². The molecular formula is C17H23NO6. The van der Waals surface area contributed by atoms with Gasteiger partial charge in [0.25, 0.3) is 0 Å². The van der Waals surface area contributed by atoms with E-state index in [1.165, 1.54) is 14.2 Å². The molecule has 7 heteroatoms. The molecule has 0 radical (unpaired) electrons. The van der Waals surface area contributed by atoms with Gasteiger partial charge in [-0.3, -0.25) is 10.1 Å². The first-order chi connectivity index (χ1) is 11.1. The number of amides is 1. The molecule has 1 aromatic carbocycles. The lowest BCUT2D eigenvalue weighted by atomic mass is 9.95. The molecule has 7 nitrogen and oxygen atoms in total. The van der Waals surface area contributed by atoms with Crippen molar-refractivity contribution in [3.8, 4) is 11.5 Å². The first-order valence-corrected chi connectivity index (χ1v) is 7.63. The molecule has 2 N–H and O–H groups in total. The van der Waals surface area contributed by atoms with Crippen LogP contribution in [0.1, 0.15) is 39.2 Å². The number of anilines is 1. The van der Waals surface area contributed by atoms with E-state index in [0.717, 1.165) is 0 Å². The number of methoxy groups -OCH3 is 2. The van der Waals surface area contributed by atoms with Crippen molar-refractivity contribution in [3.63, 3.8) is 0 Å². The van der Waals surface area contributed by atoms with Gasteiger partial charge in [-0.05, 0) is 51.3 Å². The van der Waals surface area contributed by atoms with Crippen LogP contribution in [0, 0.1) is 0 Å². The minimum Gasteiger partial charge on any atom is -0.493 e. The highest BCUT2D eigenvalue weighted by Gasteiger charge is 2.52. The lowest BCUT2D eigenvalue weighted by molar-refractivity contribution is -0.140. The number of aliphatic carboxylic acids is 1. The van der Waals surface area contributed by atoms with Crippen molar-refractivity contribution in [1.29, 1.82) is 0 Å². The topological polar surface area (TPSA) is 94.1 Å². The van der Waals surface area contributed by atoms with Crippen LogP contribution in [0.5, 0.6) is 11.5 Å². The molecule has 1 amide bonds. The Bertz CT molecular complexity index is 658. The third kappa shape index (κ3) is 3.55. The molecule has 0 unspecified atom stereocenters. The number of hydrogen-bond donors (Lipinski definition) is 2. The largest absolute Gasteiger partial charge is 0.493 e. The van der Waals surface area contributed by atoms with Gasteiger partial charge in [-0.2, -0.15) is 0 Å². The number of hydrogen-bond acceptors (Lipinski definition) is 5. The van der Waals surface area contributed by atoms with Crippen LogP contribution in [0.4, 0.5) is 10.5 Å². The van der Waals surface area contributed by atoms with Gasteiger partial charge in [0.2, 0.25) is 0 Å². The molecule has 0 heterocycles. The Labute approximate surface area is 140 Å².